The molecular weight excluding hydrogens is 446 g/mol. The molecule has 0 radical (unpaired) electrons. The standard InChI is InChI=1S/C24H26F2N4O2S/c25-17-3-4-19(26)21(12-17)29-9-7-28(8-10-29)13-15-1-2-16-14-30(24(33)18(16)11-15)20-5-6-22(31)27-23(20)32/h1-4,11-12,20,24,33H,5-10,13-14H2,(H,27,31,32). The Morgan fingerprint density at radius 3 is 2.58 bits per heavy atom. The number of hydrogen-bond acceptors (Lipinski definition) is 6. The Hall–Kier alpha value is -2.49. The minimum atomic E-state index is -0.431. The second kappa shape index (κ2) is 9.04. The number of hydrogen-bond donors (Lipinski definition) is 2. The van der Waals surface area contributed by atoms with E-state index in [9.17, 15) is 18.4 Å². The summed E-state index contributed by atoms with van der Waals surface area (Å²) in [6.07, 6.45) is 0.860. The Labute approximate surface area is 196 Å². The van der Waals surface area contributed by atoms with Crippen molar-refractivity contribution in [1.29, 1.82) is 0 Å². The fourth-order valence-electron chi connectivity index (χ4n) is 5.00. The fourth-order valence-corrected chi connectivity index (χ4v) is 5.48. The first-order valence-electron chi connectivity index (χ1n) is 11.2. The van der Waals surface area contributed by atoms with Crippen LogP contribution in [0, 0.1) is 11.6 Å². The van der Waals surface area contributed by atoms with Crippen molar-refractivity contribution >= 4 is 30.1 Å². The Morgan fingerprint density at radius 2 is 1.82 bits per heavy atom. The molecular formula is C24H26F2N4O2S. The zero-order valence-corrected chi connectivity index (χ0v) is 19.0. The molecule has 3 aliphatic heterocycles. The number of nitrogens with zero attached hydrogens (tertiary/aromatic N) is 3. The summed E-state index contributed by atoms with van der Waals surface area (Å²) in [5, 5.41) is 2.24. The van der Waals surface area contributed by atoms with E-state index in [-0.39, 0.29) is 23.2 Å². The van der Waals surface area contributed by atoms with Crippen LogP contribution in [0.5, 0.6) is 0 Å². The van der Waals surface area contributed by atoms with Crippen molar-refractivity contribution in [1.82, 2.24) is 15.1 Å². The molecule has 2 aromatic rings. The van der Waals surface area contributed by atoms with Crippen LogP contribution in [0.4, 0.5) is 14.5 Å². The molecule has 5 rings (SSSR count). The molecule has 1 N–H and O–H groups in total. The molecule has 2 saturated heterocycles. The van der Waals surface area contributed by atoms with Gasteiger partial charge in [0, 0.05) is 51.8 Å². The minimum absolute atomic E-state index is 0.197. The Bertz CT molecular complexity index is 1090. The van der Waals surface area contributed by atoms with Crippen LogP contribution >= 0.6 is 12.6 Å². The number of rotatable bonds is 4. The van der Waals surface area contributed by atoms with Crippen LogP contribution in [0.3, 0.4) is 0 Å². The van der Waals surface area contributed by atoms with Gasteiger partial charge in [0.1, 0.15) is 11.6 Å². The van der Waals surface area contributed by atoms with E-state index in [0.29, 0.717) is 38.2 Å². The first-order valence-corrected chi connectivity index (χ1v) is 11.7. The molecule has 0 bridgehead atoms. The van der Waals surface area contributed by atoms with Gasteiger partial charge in [0.05, 0.1) is 17.1 Å². The van der Waals surface area contributed by atoms with Gasteiger partial charge in [-0.3, -0.25) is 24.7 Å². The first kappa shape index (κ1) is 22.3. The number of imide groups is 1. The van der Waals surface area contributed by atoms with Crippen LogP contribution in [0.2, 0.25) is 0 Å². The van der Waals surface area contributed by atoms with E-state index in [1.807, 2.05) is 9.80 Å². The number of piperazine rings is 1. The average molecular weight is 473 g/mol. The maximum absolute atomic E-state index is 14.1. The summed E-state index contributed by atoms with van der Waals surface area (Å²) in [6, 6.07) is 9.57. The van der Waals surface area contributed by atoms with Crippen LogP contribution in [0.15, 0.2) is 36.4 Å². The van der Waals surface area contributed by atoms with Crippen molar-refractivity contribution < 1.29 is 18.4 Å². The van der Waals surface area contributed by atoms with Crippen molar-refractivity contribution in [2.24, 2.45) is 0 Å². The quantitative estimate of drug-likeness (QED) is 0.530. The third kappa shape index (κ3) is 4.49. The number of thiol groups is 1. The average Bonchev–Trinajstić information content (AvgIpc) is 3.12. The number of piperidine rings is 1. The molecule has 2 aromatic carbocycles. The molecule has 33 heavy (non-hydrogen) atoms. The predicted molar refractivity (Wildman–Crippen MR) is 124 cm³/mol. The molecule has 0 aromatic heterocycles. The number of nitrogens with one attached hydrogen (secondary N) is 1. The van der Waals surface area contributed by atoms with Crippen LogP contribution in [-0.4, -0.2) is 53.8 Å². The molecule has 0 spiro atoms. The van der Waals surface area contributed by atoms with Gasteiger partial charge in [-0.15, -0.1) is 0 Å². The highest BCUT2D eigenvalue weighted by atomic mass is 32.1. The molecule has 3 heterocycles. The van der Waals surface area contributed by atoms with E-state index < -0.39 is 11.6 Å². The van der Waals surface area contributed by atoms with Gasteiger partial charge >= 0.3 is 0 Å². The van der Waals surface area contributed by atoms with E-state index in [2.05, 4.69) is 28.4 Å². The maximum Gasteiger partial charge on any atom is 0.243 e. The second-order valence-corrected chi connectivity index (χ2v) is 9.39. The second-order valence-electron chi connectivity index (χ2n) is 8.90. The van der Waals surface area contributed by atoms with Gasteiger partial charge < -0.3 is 4.90 Å². The highest BCUT2D eigenvalue weighted by Gasteiger charge is 2.39. The van der Waals surface area contributed by atoms with Gasteiger partial charge in [0.25, 0.3) is 0 Å². The van der Waals surface area contributed by atoms with E-state index in [0.717, 1.165) is 42.4 Å². The van der Waals surface area contributed by atoms with Gasteiger partial charge in [-0.1, -0.05) is 18.2 Å². The van der Waals surface area contributed by atoms with Crippen molar-refractivity contribution in [2.75, 3.05) is 31.1 Å². The number of carbonyl (C=O) groups excluding carboxylic acids is 2. The summed E-state index contributed by atoms with van der Waals surface area (Å²) in [5.74, 6) is -1.29. The van der Waals surface area contributed by atoms with Crippen LogP contribution < -0.4 is 10.2 Å². The summed E-state index contributed by atoms with van der Waals surface area (Å²) in [6.45, 7) is 4.15. The largest absolute Gasteiger partial charge is 0.367 e. The lowest BCUT2D eigenvalue weighted by Gasteiger charge is -2.36. The molecule has 6 nitrogen and oxygen atoms in total. The summed E-state index contributed by atoms with van der Waals surface area (Å²) in [5.41, 5.74) is 3.72. The molecule has 0 saturated carbocycles. The number of fused-ring (bicyclic) bond motifs is 1. The van der Waals surface area contributed by atoms with Crippen molar-refractivity contribution in [3.63, 3.8) is 0 Å². The van der Waals surface area contributed by atoms with E-state index in [4.69, 9.17) is 12.6 Å². The maximum atomic E-state index is 14.1. The lowest BCUT2D eigenvalue weighted by Crippen LogP contribution is -2.51. The highest BCUT2D eigenvalue weighted by Crippen LogP contribution is 2.39. The first-order chi connectivity index (χ1) is 15.9. The van der Waals surface area contributed by atoms with Gasteiger partial charge in [-0.2, -0.15) is 12.6 Å². The number of anilines is 1. The van der Waals surface area contributed by atoms with Crippen molar-refractivity contribution in [3.8, 4) is 0 Å². The summed E-state index contributed by atoms with van der Waals surface area (Å²) in [4.78, 5) is 30.0. The van der Waals surface area contributed by atoms with Gasteiger partial charge in [-0.05, 0) is 35.2 Å². The van der Waals surface area contributed by atoms with Crippen molar-refractivity contribution in [2.45, 2.75) is 37.3 Å². The van der Waals surface area contributed by atoms with E-state index in [1.165, 1.54) is 12.1 Å². The number of carbonyl (C=O) groups is 2. The third-order valence-corrected chi connectivity index (χ3v) is 7.37. The number of amides is 2. The van der Waals surface area contributed by atoms with Crippen LogP contribution in [-0.2, 0) is 22.7 Å². The fraction of sp³-hybridized carbons (Fsp3) is 0.417. The number of halogens is 2. The zero-order chi connectivity index (χ0) is 23.1. The SMILES string of the molecule is O=C1CCC(N2Cc3ccc(CN4CCN(c5cc(F)ccc5F)CC4)cc3C2S)C(=O)N1. The molecule has 2 fully saturated rings. The van der Waals surface area contributed by atoms with Gasteiger partial charge in [0.2, 0.25) is 11.8 Å². The van der Waals surface area contributed by atoms with Gasteiger partial charge in [0.15, 0.2) is 0 Å². The topological polar surface area (TPSA) is 55.9 Å². The summed E-state index contributed by atoms with van der Waals surface area (Å²) < 4.78 is 27.6. The number of benzene rings is 2. The lowest BCUT2D eigenvalue weighted by atomic mass is 10.0. The lowest BCUT2D eigenvalue weighted by molar-refractivity contribution is -0.137. The van der Waals surface area contributed by atoms with Gasteiger partial charge in [-0.25, -0.2) is 8.78 Å². The smallest absolute Gasteiger partial charge is 0.243 e. The Balaban J connectivity index is 1.22. The minimum Gasteiger partial charge on any atom is -0.367 e. The van der Waals surface area contributed by atoms with Crippen molar-refractivity contribution in [3.05, 3.63) is 64.7 Å². The van der Waals surface area contributed by atoms with E-state index in [1.54, 1.807) is 0 Å². The summed E-state index contributed by atoms with van der Waals surface area (Å²) >= 11 is 4.80. The molecule has 2 unspecified atom stereocenters. The normalized spacial score (nSPS) is 24.2. The van der Waals surface area contributed by atoms with E-state index >= 15 is 0 Å². The zero-order valence-electron chi connectivity index (χ0n) is 18.1. The summed E-state index contributed by atoms with van der Waals surface area (Å²) in [7, 11) is 0. The monoisotopic (exact) mass is 472 g/mol. The molecule has 0 aliphatic carbocycles. The molecule has 2 atom stereocenters. The molecule has 174 valence electrons. The highest BCUT2D eigenvalue weighted by molar-refractivity contribution is 7.80. The predicted octanol–water partition coefficient (Wildman–Crippen LogP) is 2.84. The third-order valence-electron chi connectivity index (χ3n) is 6.79. The van der Waals surface area contributed by atoms with Crippen LogP contribution in [0.1, 0.15) is 34.9 Å². The molecule has 3 aliphatic rings. The molecule has 2 amide bonds. The Kier molecular flexibility index (Phi) is 6.11. The van der Waals surface area contributed by atoms with Crippen LogP contribution in [0.25, 0.3) is 0 Å². The Morgan fingerprint density at radius 1 is 1.03 bits per heavy atom. The molecule has 9 heteroatoms.